The third-order valence-electron chi connectivity index (χ3n) is 6.27. The first-order valence-electron chi connectivity index (χ1n) is 12.7. The number of hydrogen-bond acceptors (Lipinski definition) is 6. The monoisotopic (exact) mass is 500 g/mol. The summed E-state index contributed by atoms with van der Waals surface area (Å²) < 4.78 is 11.4. The van der Waals surface area contributed by atoms with E-state index in [-0.39, 0.29) is 17.9 Å². The van der Waals surface area contributed by atoms with Crippen molar-refractivity contribution in [1.29, 1.82) is 0 Å². The molecule has 7 heteroatoms. The molecule has 0 radical (unpaired) electrons. The van der Waals surface area contributed by atoms with Gasteiger partial charge in [-0.15, -0.1) is 0 Å². The summed E-state index contributed by atoms with van der Waals surface area (Å²) in [4.78, 5) is 32.1. The van der Waals surface area contributed by atoms with Crippen LogP contribution in [0.15, 0.2) is 78.6 Å². The van der Waals surface area contributed by atoms with Crippen molar-refractivity contribution in [3.8, 4) is 11.5 Å². The Morgan fingerprint density at radius 2 is 1.70 bits per heavy atom. The van der Waals surface area contributed by atoms with Crippen LogP contribution in [-0.2, 0) is 16.1 Å². The molecule has 0 saturated carbocycles. The molecule has 0 aliphatic carbocycles. The predicted molar refractivity (Wildman–Crippen MR) is 141 cm³/mol. The van der Waals surface area contributed by atoms with Crippen LogP contribution in [0.2, 0.25) is 0 Å². The van der Waals surface area contributed by atoms with E-state index in [1.54, 1.807) is 48.8 Å². The number of ether oxygens (including phenoxy) is 2. The third-order valence-corrected chi connectivity index (χ3v) is 6.27. The van der Waals surface area contributed by atoms with Gasteiger partial charge in [-0.2, -0.15) is 0 Å². The van der Waals surface area contributed by atoms with Gasteiger partial charge in [0.2, 0.25) is 0 Å². The second kappa shape index (κ2) is 12.2. The lowest BCUT2D eigenvalue weighted by molar-refractivity contribution is -0.140. The lowest BCUT2D eigenvalue weighted by Crippen LogP contribution is -2.29. The van der Waals surface area contributed by atoms with Crippen molar-refractivity contribution < 1.29 is 24.2 Å². The van der Waals surface area contributed by atoms with Crippen molar-refractivity contribution in [3.05, 3.63) is 95.3 Å². The number of hydrogen-bond donors (Lipinski definition) is 1. The highest BCUT2D eigenvalue weighted by Gasteiger charge is 2.46. The van der Waals surface area contributed by atoms with Crippen molar-refractivity contribution in [2.75, 3.05) is 13.2 Å². The molecule has 1 saturated heterocycles. The first-order chi connectivity index (χ1) is 18.0. The van der Waals surface area contributed by atoms with Crippen LogP contribution in [0.1, 0.15) is 55.8 Å². The summed E-state index contributed by atoms with van der Waals surface area (Å²) in [5.41, 5.74) is 1.99. The molecule has 1 aliphatic heterocycles. The second-order valence-corrected chi connectivity index (χ2v) is 8.87. The summed E-state index contributed by atoms with van der Waals surface area (Å²) in [6.45, 7) is 5.30. The number of carbonyl (C=O) groups excluding carboxylic acids is 2. The Hall–Kier alpha value is -4.13. The van der Waals surface area contributed by atoms with Crippen LogP contribution in [-0.4, -0.2) is 39.9 Å². The van der Waals surface area contributed by atoms with E-state index < -0.39 is 17.7 Å². The van der Waals surface area contributed by atoms with E-state index in [0.29, 0.717) is 30.1 Å². The Bertz CT molecular complexity index is 1250. The average Bonchev–Trinajstić information content (AvgIpc) is 3.17. The number of amides is 1. The minimum atomic E-state index is -0.766. The van der Waals surface area contributed by atoms with Crippen LogP contribution in [0.3, 0.4) is 0 Å². The number of Topliss-reactive ketones (excluding diaryl/α,β-unsaturated/α-hetero) is 1. The molecule has 37 heavy (non-hydrogen) atoms. The Morgan fingerprint density at radius 3 is 2.41 bits per heavy atom. The Kier molecular flexibility index (Phi) is 8.56. The van der Waals surface area contributed by atoms with Gasteiger partial charge in [0.15, 0.2) is 0 Å². The molecule has 2 aromatic carbocycles. The van der Waals surface area contributed by atoms with Crippen molar-refractivity contribution in [2.24, 2.45) is 0 Å². The minimum Gasteiger partial charge on any atom is -0.507 e. The molecule has 1 aromatic heterocycles. The average molecular weight is 501 g/mol. The molecule has 1 unspecified atom stereocenters. The van der Waals surface area contributed by atoms with Gasteiger partial charge in [0.25, 0.3) is 11.7 Å². The molecule has 2 heterocycles. The molecule has 0 bridgehead atoms. The largest absolute Gasteiger partial charge is 0.507 e. The van der Waals surface area contributed by atoms with Crippen LogP contribution in [0, 0.1) is 0 Å². The van der Waals surface area contributed by atoms with Gasteiger partial charge in [0.1, 0.15) is 17.3 Å². The number of nitrogens with zero attached hydrogens (tertiary/aromatic N) is 2. The number of carbonyl (C=O) groups is 2. The first kappa shape index (κ1) is 25.9. The van der Waals surface area contributed by atoms with E-state index in [2.05, 4.69) is 11.9 Å². The van der Waals surface area contributed by atoms with Gasteiger partial charge < -0.3 is 19.5 Å². The van der Waals surface area contributed by atoms with E-state index in [4.69, 9.17) is 9.47 Å². The van der Waals surface area contributed by atoms with Crippen molar-refractivity contribution >= 4 is 17.4 Å². The van der Waals surface area contributed by atoms with E-state index in [9.17, 15) is 14.7 Å². The molecule has 1 amide bonds. The van der Waals surface area contributed by atoms with Crippen LogP contribution in [0.25, 0.3) is 5.76 Å². The smallest absolute Gasteiger partial charge is 0.295 e. The van der Waals surface area contributed by atoms with Crippen LogP contribution >= 0.6 is 0 Å². The maximum atomic E-state index is 13.3. The molecule has 1 N–H and O–H groups in total. The molecular formula is C30H32N2O5. The quantitative estimate of drug-likeness (QED) is 0.158. The molecule has 0 spiro atoms. The minimum absolute atomic E-state index is 0.0457. The summed E-state index contributed by atoms with van der Waals surface area (Å²) in [6.07, 6.45) is 6.48. The van der Waals surface area contributed by atoms with E-state index in [1.165, 1.54) is 4.90 Å². The van der Waals surface area contributed by atoms with Crippen molar-refractivity contribution in [2.45, 2.75) is 45.7 Å². The van der Waals surface area contributed by atoms with Gasteiger partial charge in [0, 0.05) is 24.5 Å². The Morgan fingerprint density at radius 1 is 0.946 bits per heavy atom. The highest BCUT2D eigenvalue weighted by molar-refractivity contribution is 6.46. The maximum Gasteiger partial charge on any atom is 0.295 e. The Balaban J connectivity index is 1.73. The van der Waals surface area contributed by atoms with E-state index >= 15 is 0 Å². The molecule has 4 rings (SSSR count). The van der Waals surface area contributed by atoms with Crippen molar-refractivity contribution in [3.63, 3.8) is 0 Å². The highest BCUT2D eigenvalue weighted by atomic mass is 16.5. The number of unbranched alkanes of at least 4 members (excludes halogenated alkanes) is 2. The topological polar surface area (TPSA) is 89.0 Å². The van der Waals surface area contributed by atoms with Gasteiger partial charge >= 0.3 is 0 Å². The van der Waals surface area contributed by atoms with E-state index in [0.717, 1.165) is 30.6 Å². The summed E-state index contributed by atoms with van der Waals surface area (Å²) in [5, 5.41) is 11.3. The zero-order valence-electron chi connectivity index (χ0n) is 21.2. The standard InChI is InChI=1S/C30H32N2O5/c1-3-5-6-18-37-24-12-10-22(11-13-24)27-26(28(33)23-8-7-9-25(19-23)36-4-2)29(34)30(35)32(27)20-21-14-16-31-17-15-21/h7-17,19,27,33H,3-6,18,20H2,1-2H3. The number of benzene rings is 2. The van der Waals surface area contributed by atoms with E-state index in [1.807, 2.05) is 31.2 Å². The molecule has 7 nitrogen and oxygen atoms in total. The zero-order valence-corrected chi connectivity index (χ0v) is 21.2. The van der Waals surface area contributed by atoms with Gasteiger partial charge in [-0.3, -0.25) is 14.6 Å². The van der Waals surface area contributed by atoms with Crippen molar-refractivity contribution in [1.82, 2.24) is 9.88 Å². The lowest BCUT2D eigenvalue weighted by Gasteiger charge is -2.25. The highest BCUT2D eigenvalue weighted by Crippen LogP contribution is 2.41. The summed E-state index contributed by atoms with van der Waals surface area (Å²) in [6, 6.07) is 17.1. The molecule has 1 atom stereocenters. The number of aliphatic hydroxyl groups is 1. The number of pyridine rings is 1. The molecule has 1 fully saturated rings. The number of likely N-dealkylation sites (tertiary alicyclic amines) is 1. The molecule has 3 aromatic rings. The predicted octanol–water partition coefficient (Wildman–Crippen LogP) is 5.67. The maximum absolute atomic E-state index is 13.3. The summed E-state index contributed by atoms with van der Waals surface area (Å²) in [7, 11) is 0. The van der Waals surface area contributed by atoms with Gasteiger partial charge in [-0.25, -0.2) is 0 Å². The second-order valence-electron chi connectivity index (χ2n) is 8.87. The number of aliphatic hydroxyl groups excluding tert-OH is 1. The first-order valence-corrected chi connectivity index (χ1v) is 12.7. The zero-order chi connectivity index (χ0) is 26.2. The molecular weight excluding hydrogens is 468 g/mol. The van der Waals surface area contributed by atoms with Gasteiger partial charge in [0.05, 0.1) is 24.8 Å². The number of rotatable bonds is 11. The number of aromatic nitrogens is 1. The fourth-order valence-corrected chi connectivity index (χ4v) is 4.42. The number of ketones is 1. The fourth-order valence-electron chi connectivity index (χ4n) is 4.42. The van der Waals surface area contributed by atoms with Crippen LogP contribution in [0.4, 0.5) is 0 Å². The normalized spacial score (nSPS) is 16.7. The van der Waals surface area contributed by atoms with Gasteiger partial charge in [-0.05, 0) is 60.9 Å². The summed E-state index contributed by atoms with van der Waals surface area (Å²) >= 11 is 0. The SMILES string of the molecule is CCCCCOc1ccc(C2C(=C(O)c3cccc(OCC)c3)C(=O)C(=O)N2Cc2ccncc2)cc1. The van der Waals surface area contributed by atoms with Crippen LogP contribution < -0.4 is 9.47 Å². The van der Waals surface area contributed by atoms with Gasteiger partial charge in [-0.1, -0.05) is 44.0 Å². The Labute approximate surface area is 217 Å². The fraction of sp³-hybridized carbons (Fsp3) is 0.300. The lowest BCUT2D eigenvalue weighted by atomic mass is 9.95. The molecule has 1 aliphatic rings. The van der Waals surface area contributed by atoms with Crippen LogP contribution in [0.5, 0.6) is 11.5 Å². The summed E-state index contributed by atoms with van der Waals surface area (Å²) in [5.74, 6) is -0.335. The molecule has 192 valence electrons. The third kappa shape index (κ3) is 6.00.